The molecule has 0 radical (unpaired) electrons. The quantitative estimate of drug-likeness (QED) is 0.589. The molecule has 24 heavy (non-hydrogen) atoms. The van der Waals surface area contributed by atoms with Crippen LogP contribution in [-0.2, 0) is 12.8 Å². The van der Waals surface area contributed by atoms with Gasteiger partial charge in [-0.2, -0.15) is 0 Å². The van der Waals surface area contributed by atoms with Gasteiger partial charge in [-0.25, -0.2) is 0 Å². The van der Waals surface area contributed by atoms with E-state index < -0.39 is 0 Å². The van der Waals surface area contributed by atoms with E-state index in [1.807, 2.05) is 20.8 Å². The summed E-state index contributed by atoms with van der Waals surface area (Å²) in [4.78, 5) is 0. The molecule has 1 aromatic carbocycles. The Morgan fingerprint density at radius 1 is 0.875 bits per heavy atom. The van der Waals surface area contributed by atoms with Gasteiger partial charge in [0.2, 0.25) is 0 Å². The van der Waals surface area contributed by atoms with Crippen molar-refractivity contribution in [2.24, 2.45) is 0 Å². The summed E-state index contributed by atoms with van der Waals surface area (Å²) in [5.74, 6) is 0.414. The van der Waals surface area contributed by atoms with E-state index in [1.165, 1.54) is 16.7 Å². The molecular weight excluding hydrogens is 296 g/mol. The molecule has 0 aliphatic rings. The molecular formula is C22H32O2. The van der Waals surface area contributed by atoms with Crippen molar-refractivity contribution < 1.29 is 10.2 Å². The lowest BCUT2D eigenvalue weighted by Crippen LogP contribution is -1.95. The first-order chi connectivity index (χ1) is 11.2. The highest BCUT2D eigenvalue weighted by Crippen LogP contribution is 2.35. The molecule has 0 bridgehead atoms. The van der Waals surface area contributed by atoms with Crippen molar-refractivity contribution in [3.05, 3.63) is 57.7 Å². The molecule has 0 saturated carbocycles. The lowest BCUT2D eigenvalue weighted by atomic mass is 9.96. The molecule has 0 saturated heterocycles. The Hall–Kier alpha value is -1.96. The van der Waals surface area contributed by atoms with Crippen LogP contribution < -0.4 is 0 Å². The topological polar surface area (TPSA) is 40.5 Å². The second kappa shape index (κ2) is 9.36. The van der Waals surface area contributed by atoms with Crippen LogP contribution in [0.15, 0.2) is 41.0 Å². The van der Waals surface area contributed by atoms with Crippen LogP contribution in [-0.4, -0.2) is 10.2 Å². The van der Waals surface area contributed by atoms with E-state index in [4.69, 9.17) is 0 Å². The zero-order chi connectivity index (χ0) is 18.3. The van der Waals surface area contributed by atoms with Crippen LogP contribution in [0.25, 0.3) is 0 Å². The number of aromatic hydroxyl groups is 2. The van der Waals surface area contributed by atoms with Gasteiger partial charge in [-0.3, -0.25) is 0 Å². The standard InChI is InChI=1S/C22H32O2/c1-15(2)8-7-9-17(5)11-13-20-21(23)14-18(6)19(22(20)24)12-10-16(3)4/h8,10-11,14,23-24H,7,9,12-13H2,1-6H3/b17-11+. The second-order valence-electron chi connectivity index (χ2n) is 7.08. The molecule has 0 aliphatic carbocycles. The highest BCUT2D eigenvalue weighted by atomic mass is 16.3. The molecule has 0 aliphatic heterocycles. The molecule has 1 aromatic rings. The smallest absolute Gasteiger partial charge is 0.126 e. The van der Waals surface area contributed by atoms with Gasteiger partial charge in [0.05, 0.1) is 0 Å². The summed E-state index contributed by atoms with van der Waals surface area (Å²) < 4.78 is 0. The fourth-order valence-electron chi connectivity index (χ4n) is 2.60. The number of allylic oxidation sites excluding steroid dienone is 6. The van der Waals surface area contributed by atoms with Gasteiger partial charge in [0.1, 0.15) is 11.5 Å². The van der Waals surface area contributed by atoms with E-state index in [2.05, 4.69) is 39.0 Å². The fraction of sp³-hybridized carbons (Fsp3) is 0.455. The van der Waals surface area contributed by atoms with Crippen molar-refractivity contribution in [3.8, 4) is 11.5 Å². The predicted octanol–water partition coefficient (Wildman–Crippen LogP) is 6.15. The molecule has 1 rings (SSSR count). The summed E-state index contributed by atoms with van der Waals surface area (Å²) in [5, 5.41) is 20.8. The Balaban J connectivity index is 2.97. The highest BCUT2D eigenvalue weighted by Gasteiger charge is 2.14. The van der Waals surface area contributed by atoms with Crippen LogP contribution in [0.1, 0.15) is 64.2 Å². The minimum Gasteiger partial charge on any atom is -0.508 e. The molecule has 2 N–H and O–H groups in total. The third-order valence-electron chi connectivity index (χ3n) is 4.17. The lowest BCUT2D eigenvalue weighted by Gasteiger charge is -2.13. The molecule has 0 atom stereocenters. The highest BCUT2D eigenvalue weighted by molar-refractivity contribution is 5.54. The fourth-order valence-corrected chi connectivity index (χ4v) is 2.60. The van der Waals surface area contributed by atoms with Crippen molar-refractivity contribution in [1.82, 2.24) is 0 Å². The van der Waals surface area contributed by atoms with Crippen LogP contribution in [0.4, 0.5) is 0 Å². The van der Waals surface area contributed by atoms with Crippen molar-refractivity contribution in [2.45, 2.75) is 67.2 Å². The van der Waals surface area contributed by atoms with Crippen molar-refractivity contribution in [2.75, 3.05) is 0 Å². The molecule has 0 amide bonds. The number of rotatable bonds is 7. The SMILES string of the molecule is CC(C)=CCC/C(C)=C/Cc1c(O)cc(C)c(CC=C(C)C)c1O. The van der Waals surface area contributed by atoms with Crippen LogP contribution in [0, 0.1) is 6.92 Å². The van der Waals surface area contributed by atoms with Gasteiger partial charge < -0.3 is 10.2 Å². The number of aryl methyl sites for hydroxylation is 1. The molecule has 132 valence electrons. The zero-order valence-electron chi connectivity index (χ0n) is 16.0. The van der Waals surface area contributed by atoms with Crippen LogP contribution in [0.5, 0.6) is 11.5 Å². The maximum Gasteiger partial charge on any atom is 0.126 e. The summed E-state index contributed by atoms with van der Waals surface area (Å²) in [6.07, 6.45) is 9.72. The zero-order valence-corrected chi connectivity index (χ0v) is 16.0. The third kappa shape index (κ3) is 6.27. The molecule has 0 heterocycles. The Morgan fingerprint density at radius 2 is 1.46 bits per heavy atom. The minimum atomic E-state index is 0.180. The first-order valence-electron chi connectivity index (χ1n) is 8.68. The molecule has 2 heteroatoms. The van der Waals surface area contributed by atoms with E-state index in [0.29, 0.717) is 18.4 Å². The molecule has 0 fully saturated rings. The van der Waals surface area contributed by atoms with Crippen molar-refractivity contribution >= 4 is 0 Å². The monoisotopic (exact) mass is 328 g/mol. The Morgan fingerprint density at radius 3 is 2.04 bits per heavy atom. The van der Waals surface area contributed by atoms with Crippen molar-refractivity contribution in [1.29, 1.82) is 0 Å². The summed E-state index contributed by atoms with van der Waals surface area (Å²) in [6.45, 7) is 12.3. The van der Waals surface area contributed by atoms with Gasteiger partial charge in [0.15, 0.2) is 0 Å². The number of hydrogen-bond donors (Lipinski definition) is 2. The van der Waals surface area contributed by atoms with Crippen molar-refractivity contribution in [3.63, 3.8) is 0 Å². The summed E-state index contributed by atoms with van der Waals surface area (Å²) in [5.41, 5.74) is 6.28. The van der Waals surface area contributed by atoms with E-state index >= 15 is 0 Å². The second-order valence-corrected chi connectivity index (χ2v) is 7.08. The summed E-state index contributed by atoms with van der Waals surface area (Å²) in [6, 6.07) is 1.76. The average Bonchev–Trinajstić information content (AvgIpc) is 2.45. The number of benzene rings is 1. The lowest BCUT2D eigenvalue weighted by molar-refractivity contribution is 0.436. The van der Waals surface area contributed by atoms with E-state index in [0.717, 1.165) is 24.0 Å². The molecule has 0 unspecified atom stereocenters. The minimum absolute atomic E-state index is 0.180. The molecule has 0 aromatic heterocycles. The van der Waals surface area contributed by atoms with Crippen LogP contribution >= 0.6 is 0 Å². The van der Waals surface area contributed by atoms with Gasteiger partial charge in [0.25, 0.3) is 0 Å². The number of hydrogen-bond acceptors (Lipinski definition) is 2. The number of phenols is 2. The van der Waals surface area contributed by atoms with E-state index in [-0.39, 0.29) is 11.5 Å². The Labute approximate surface area is 147 Å². The van der Waals surface area contributed by atoms with Crippen LogP contribution in [0.2, 0.25) is 0 Å². The Bertz CT molecular complexity index is 653. The summed E-state index contributed by atoms with van der Waals surface area (Å²) in [7, 11) is 0. The van der Waals surface area contributed by atoms with E-state index in [1.54, 1.807) is 6.07 Å². The number of phenolic OH excluding ortho intramolecular Hbond substituents is 2. The maximum atomic E-state index is 10.6. The Kier molecular flexibility index (Phi) is 7.84. The first-order valence-corrected chi connectivity index (χ1v) is 8.68. The van der Waals surface area contributed by atoms with E-state index in [9.17, 15) is 10.2 Å². The predicted molar refractivity (Wildman–Crippen MR) is 104 cm³/mol. The normalized spacial score (nSPS) is 11.3. The first kappa shape index (κ1) is 20.1. The average molecular weight is 328 g/mol. The van der Waals surface area contributed by atoms with Gasteiger partial charge in [-0.1, -0.05) is 34.9 Å². The maximum absolute atomic E-state index is 10.6. The van der Waals surface area contributed by atoms with Gasteiger partial charge >= 0.3 is 0 Å². The summed E-state index contributed by atoms with van der Waals surface area (Å²) >= 11 is 0. The molecule has 0 spiro atoms. The largest absolute Gasteiger partial charge is 0.508 e. The van der Waals surface area contributed by atoms with Gasteiger partial charge in [-0.05, 0) is 78.9 Å². The third-order valence-corrected chi connectivity index (χ3v) is 4.17. The molecule has 2 nitrogen and oxygen atoms in total. The van der Waals surface area contributed by atoms with Crippen LogP contribution in [0.3, 0.4) is 0 Å². The van der Waals surface area contributed by atoms with Gasteiger partial charge in [0, 0.05) is 11.1 Å². The van der Waals surface area contributed by atoms with Gasteiger partial charge in [-0.15, -0.1) is 0 Å².